The van der Waals surface area contributed by atoms with E-state index in [1.165, 1.54) is 0 Å². The van der Waals surface area contributed by atoms with Crippen LogP contribution in [0.15, 0.2) is 27.5 Å². The highest BCUT2D eigenvalue weighted by Crippen LogP contribution is 2.15. The van der Waals surface area contributed by atoms with Crippen LogP contribution in [-0.2, 0) is 6.42 Å². The lowest BCUT2D eigenvalue weighted by atomic mass is 10.2. The van der Waals surface area contributed by atoms with Gasteiger partial charge in [0.05, 0.1) is 10.9 Å². The van der Waals surface area contributed by atoms with Gasteiger partial charge < -0.3 is 10.7 Å². The van der Waals surface area contributed by atoms with Gasteiger partial charge in [0.15, 0.2) is 0 Å². The minimum Gasteiger partial charge on any atom is -0.328 e. The summed E-state index contributed by atoms with van der Waals surface area (Å²) in [4.78, 5) is 18.9. The molecule has 5 heteroatoms. The fourth-order valence-electron chi connectivity index (χ4n) is 1.56. The van der Waals surface area contributed by atoms with Crippen molar-refractivity contribution in [2.24, 2.45) is 5.73 Å². The van der Waals surface area contributed by atoms with Crippen molar-refractivity contribution in [1.82, 2.24) is 9.97 Å². The Morgan fingerprint density at radius 2 is 2.31 bits per heavy atom. The van der Waals surface area contributed by atoms with Gasteiger partial charge in [-0.3, -0.25) is 4.79 Å². The predicted molar refractivity (Wildman–Crippen MR) is 67.4 cm³/mol. The van der Waals surface area contributed by atoms with Crippen LogP contribution in [-0.4, -0.2) is 16.0 Å². The third kappa shape index (κ3) is 2.31. The van der Waals surface area contributed by atoms with Crippen LogP contribution in [0.5, 0.6) is 0 Å². The van der Waals surface area contributed by atoms with Gasteiger partial charge in [-0.1, -0.05) is 15.9 Å². The summed E-state index contributed by atoms with van der Waals surface area (Å²) in [6.07, 6.45) is 0.571. The van der Waals surface area contributed by atoms with Gasteiger partial charge >= 0.3 is 0 Å². The highest BCUT2D eigenvalue weighted by atomic mass is 79.9. The van der Waals surface area contributed by atoms with Crippen molar-refractivity contribution in [2.75, 3.05) is 0 Å². The minimum atomic E-state index is -0.123. The van der Waals surface area contributed by atoms with E-state index in [2.05, 4.69) is 25.9 Å². The molecule has 16 heavy (non-hydrogen) atoms. The Balaban J connectivity index is 2.59. The first-order valence-corrected chi connectivity index (χ1v) is 5.79. The molecule has 1 heterocycles. The number of nitrogens with two attached hydrogens (primary N) is 1. The van der Waals surface area contributed by atoms with E-state index in [0.29, 0.717) is 23.1 Å². The first-order chi connectivity index (χ1) is 7.56. The average Bonchev–Trinajstić information content (AvgIpc) is 2.18. The number of nitrogens with one attached hydrogen (secondary N) is 1. The van der Waals surface area contributed by atoms with Gasteiger partial charge in [0, 0.05) is 16.9 Å². The first kappa shape index (κ1) is 11.3. The number of benzene rings is 1. The SMILES string of the molecule is CC(N)Cc1nc2ccc(Br)cc2c(=O)[nH]1. The molecule has 3 N–H and O–H groups in total. The van der Waals surface area contributed by atoms with Gasteiger partial charge in [0.2, 0.25) is 0 Å². The van der Waals surface area contributed by atoms with E-state index in [-0.39, 0.29) is 11.6 Å². The van der Waals surface area contributed by atoms with Crippen molar-refractivity contribution in [3.63, 3.8) is 0 Å². The standard InChI is InChI=1S/C11H12BrN3O/c1-6(13)4-10-14-9-3-2-7(12)5-8(9)11(16)15-10/h2-3,5-6H,4,13H2,1H3,(H,14,15,16). The molecule has 0 aliphatic rings. The maximum absolute atomic E-state index is 11.8. The van der Waals surface area contributed by atoms with Crippen LogP contribution in [0.1, 0.15) is 12.7 Å². The topological polar surface area (TPSA) is 71.8 Å². The maximum Gasteiger partial charge on any atom is 0.258 e. The second kappa shape index (κ2) is 4.35. The summed E-state index contributed by atoms with van der Waals surface area (Å²) < 4.78 is 0.868. The summed E-state index contributed by atoms with van der Waals surface area (Å²) in [5, 5.41) is 0.586. The van der Waals surface area contributed by atoms with Crippen molar-refractivity contribution in [1.29, 1.82) is 0 Å². The van der Waals surface area contributed by atoms with Crippen LogP contribution in [0.25, 0.3) is 10.9 Å². The van der Waals surface area contributed by atoms with E-state index in [9.17, 15) is 4.79 Å². The summed E-state index contributed by atoms with van der Waals surface area (Å²) in [6.45, 7) is 1.88. The van der Waals surface area contributed by atoms with Crippen LogP contribution in [0.2, 0.25) is 0 Å². The van der Waals surface area contributed by atoms with Gasteiger partial charge in [0.25, 0.3) is 5.56 Å². The molecule has 1 aromatic carbocycles. The molecule has 1 unspecified atom stereocenters. The monoisotopic (exact) mass is 281 g/mol. The van der Waals surface area contributed by atoms with Crippen LogP contribution in [0, 0.1) is 0 Å². The molecule has 0 saturated heterocycles. The molecule has 1 aromatic heterocycles. The number of aromatic amines is 1. The van der Waals surface area contributed by atoms with E-state index < -0.39 is 0 Å². The van der Waals surface area contributed by atoms with E-state index >= 15 is 0 Å². The van der Waals surface area contributed by atoms with E-state index in [4.69, 9.17) is 5.73 Å². The first-order valence-electron chi connectivity index (χ1n) is 5.00. The maximum atomic E-state index is 11.8. The lowest BCUT2D eigenvalue weighted by molar-refractivity contribution is 0.703. The Labute approximate surface area is 101 Å². The Bertz CT molecular complexity index is 577. The number of hydrogen-bond donors (Lipinski definition) is 2. The normalized spacial score (nSPS) is 12.9. The van der Waals surface area contributed by atoms with Crippen molar-refractivity contribution < 1.29 is 0 Å². The van der Waals surface area contributed by atoms with Gasteiger partial charge in [-0.15, -0.1) is 0 Å². The Kier molecular flexibility index (Phi) is 3.07. The summed E-state index contributed by atoms with van der Waals surface area (Å²) in [5.41, 5.74) is 6.25. The second-order valence-electron chi connectivity index (χ2n) is 3.86. The highest BCUT2D eigenvalue weighted by molar-refractivity contribution is 9.10. The van der Waals surface area contributed by atoms with Gasteiger partial charge in [-0.25, -0.2) is 4.98 Å². The molecule has 84 valence electrons. The molecule has 2 rings (SSSR count). The van der Waals surface area contributed by atoms with Gasteiger partial charge in [-0.05, 0) is 25.1 Å². The van der Waals surface area contributed by atoms with E-state index in [0.717, 1.165) is 4.47 Å². The van der Waals surface area contributed by atoms with Crippen molar-refractivity contribution in [2.45, 2.75) is 19.4 Å². The Hall–Kier alpha value is -1.20. The van der Waals surface area contributed by atoms with Crippen LogP contribution in [0.4, 0.5) is 0 Å². The molecule has 1 atom stereocenters. The predicted octanol–water partition coefficient (Wildman–Crippen LogP) is 1.58. The fraction of sp³-hybridized carbons (Fsp3) is 0.273. The lowest BCUT2D eigenvalue weighted by Crippen LogP contribution is -2.22. The Morgan fingerprint density at radius 1 is 1.56 bits per heavy atom. The zero-order valence-corrected chi connectivity index (χ0v) is 10.4. The summed E-state index contributed by atoms with van der Waals surface area (Å²) in [5.74, 6) is 0.634. The van der Waals surface area contributed by atoms with Crippen molar-refractivity contribution in [3.8, 4) is 0 Å². The second-order valence-corrected chi connectivity index (χ2v) is 4.77. The summed E-state index contributed by atoms with van der Waals surface area (Å²) >= 11 is 3.32. The number of hydrogen-bond acceptors (Lipinski definition) is 3. The largest absolute Gasteiger partial charge is 0.328 e. The number of nitrogens with zero attached hydrogens (tertiary/aromatic N) is 1. The number of rotatable bonds is 2. The molecule has 4 nitrogen and oxygen atoms in total. The fourth-order valence-corrected chi connectivity index (χ4v) is 1.92. The lowest BCUT2D eigenvalue weighted by Gasteiger charge is -2.05. The molecular weight excluding hydrogens is 270 g/mol. The molecule has 0 spiro atoms. The summed E-state index contributed by atoms with van der Waals surface area (Å²) in [7, 11) is 0. The third-order valence-corrected chi connectivity index (χ3v) is 2.73. The smallest absolute Gasteiger partial charge is 0.258 e. The number of aromatic nitrogens is 2. The molecule has 2 aromatic rings. The molecule has 0 amide bonds. The summed E-state index contributed by atoms with van der Waals surface area (Å²) in [6, 6.07) is 5.43. The van der Waals surface area contributed by atoms with Crippen LogP contribution in [0.3, 0.4) is 0 Å². The zero-order valence-electron chi connectivity index (χ0n) is 8.83. The third-order valence-electron chi connectivity index (χ3n) is 2.23. The van der Waals surface area contributed by atoms with E-state index in [1.54, 1.807) is 6.07 Å². The van der Waals surface area contributed by atoms with Crippen molar-refractivity contribution in [3.05, 3.63) is 38.9 Å². The molecule has 0 bridgehead atoms. The van der Waals surface area contributed by atoms with Crippen molar-refractivity contribution >= 4 is 26.8 Å². The highest BCUT2D eigenvalue weighted by Gasteiger charge is 2.05. The number of H-pyrrole nitrogens is 1. The van der Waals surface area contributed by atoms with Crippen LogP contribution < -0.4 is 11.3 Å². The Morgan fingerprint density at radius 3 is 3.00 bits per heavy atom. The zero-order chi connectivity index (χ0) is 11.7. The number of halogens is 1. The van der Waals surface area contributed by atoms with Gasteiger partial charge in [0.1, 0.15) is 5.82 Å². The quantitative estimate of drug-likeness (QED) is 0.878. The van der Waals surface area contributed by atoms with Crippen LogP contribution >= 0.6 is 15.9 Å². The molecule has 0 aliphatic heterocycles. The molecular formula is C11H12BrN3O. The van der Waals surface area contributed by atoms with Gasteiger partial charge in [-0.2, -0.15) is 0 Å². The van der Waals surface area contributed by atoms with E-state index in [1.807, 2.05) is 19.1 Å². The molecule has 0 fully saturated rings. The molecule has 0 saturated carbocycles. The average molecular weight is 282 g/mol. The minimum absolute atomic E-state index is 0.0175. The molecule has 0 radical (unpaired) electrons. The number of fused-ring (bicyclic) bond motifs is 1. The molecule has 0 aliphatic carbocycles.